The van der Waals surface area contributed by atoms with Gasteiger partial charge in [0, 0.05) is 26.2 Å². The van der Waals surface area contributed by atoms with E-state index in [-0.39, 0.29) is 12.0 Å². The van der Waals surface area contributed by atoms with Crippen LogP contribution in [0.25, 0.3) is 0 Å². The molecule has 2 heterocycles. The largest absolute Gasteiger partial charge is 0.389 e. The molecule has 0 aromatic carbocycles. The molecule has 2 N–H and O–H groups in total. The first kappa shape index (κ1) is 13.7. The summed E-state index contributed by atoms with van der Waals surface area (Å²) in [6.07, 6.45) is 1.79. The molecule has 2 fully saturated rings. The monoisotopic (exact) mass is 258 g/mol. The highest BCUT2D eigenvalue weighted by molar-refractivity contribution is 5.78. The van der Waals surface area contributed by atoms with Crippen molar-refractivity contribution in [2.45, 2.75) is 25.0 Å². The molecular formula is C12H22N2O4. The number of nitrogens with one attached hydrogen (secondary N) is 1. The van der Waals surface area contributed by atoms with E-state index in [4.69, 9.17) is 9.47 Å². The number of hydrogen-bond acceptors (Lipinski definition) is 5. The van der Waals surface area contributed by atoms with Crippen molar-refractivity contribution in [3.05, 3.63) is 0 Å². The van der Waals surface area contributed by atoms with E-state index in [1.54, 1.807) is 0 Å². The fourth-order valence-corrected chi connectivity index (χ4v) is 2.31. The summed E-state index contributed by atoms with van der Waals surface area (Å²) in [5, 5.41) is 12.6. The summed E-state index contributed by atoms with van der Waals surface area (Å²) in [4.78, 5) is 13.1. The maximum atomic E-state index is 11.2. The van der Waals surface area contributed by atoms with Crippen LogP contribution in [-0.2, 0) is 14.3 Å². The number of carbonyl (C=O) groups excluding carboxylic acids is 1. The van der Waals surface area contributed by atoms with Gasteiger partial charge >= 0.3 is 0 Å². The van der Waals surface area contributed by atoms with Gasteiger partial charge in [0.25, 0.3) is 0 Å². The van der Waals surface area contributed by atoms with Gasteiger partial charge in [0.2, 0.25) is 5.91 Å². The third kappa shape index (κ3) is 4.53. The highest BCUT2D eigenvalue weighted by Crippen LogP contribution is 2.12. The fourth-order valence-electron chi connectivity index (χ4n) is 2.31. The maximum Gasteiger partial charge on any atom is 0.234 e. The Balaban J connectivity index is 1.56. The Hall–Kier alpha value is -0.690. The van der Waals surface area contributed by atoms with Gasteiger partial charge in [0.05, 0.1) is 32.0 Å². The Morgan fingerprint density at radius 3 is 3.22 bits per heavy atom. The molecule has 2 saturated heterocycles. The molecule has 18 heavy (non-hydrogen) atoms. The molecule has 0 radical (unpaired) electrons. The van der Waals surface area contributed by atoms with E-state index in [1.165, 1.54) is 0 Å². The Morgan fingerprint density at radius 1 is 1.61 bits per heavy atom. The number of piperazine rings is 1. The summed E-state index contributed by atoms with van der Waals surface area (Å²) in [5.74, 6) is 0.0220. The average Bonchev–Trinajstić information content (AvgIpc) is 2.82. The van der Waals surface area contributed by atoms with Crippen LogP contribution >= 0.6 is 0 Å². The van der Waals surface area contributed by atoms with Crippen molar-refractivity contribution in [2.24, 2.45) is 0 Å². The molecule has 1 amide bonds. The third-order valence-corrected chi connectivity index (χ3v) is 3.22. The van der Waals surface area contributed by atoms with E-state index in [9.17, 15) is 9.90 Å². The molecule has 6 heteroatoms. The van der Waals surface area contributed by atoms with Gasteiger partial charge in [-0.25, -0.2) is 0 Å². The third-order valence-electron chi connectivity index (χ3n) is 3.22. The first-order chi connectivity index (χ1) is 8.74. The summed E-state index contributed by atoms with van der Waals surface area (Å²) in [7, 11) is 0. The highest BCUT2D eigenvalue weighted by Gasteiger charge is 2.20. The first-order valence-electron chi connectivity index (χ1n) is 6.60. The van der Waals surface area contributed by atoms with Crippen molar-refractivity contribution in [2.75, 3.05) is 46.0 Å². The van der Waals surface area contributed by atoms with E-state index >= 15 is 0 Å². The molecule has 2 unspecified atom stereocenters. The number of hydrogen-bond donors (Lipinski definition) is 2. The zero-order chi connectivity index (χ0) is 12.8. The highest BCUT2D eigenvalue weighted by atomic mass is 16.5. The Labute approximate surface area is 107 Å². The number of aliphatic hydroxyl groups is 1. The van der Waals surface area contributed by atoms with Crippen LogP contribution in [0.2, 0.25) is 0 Å². The van der Waals surface area contributed by atoms with E-state index in [1.807, 2.05) is 4.90 Å². The predicted octanol–water partition coefficient (Wildman–Crippen LogP) is -1.03. The molecule has 0 aliphatic carbocycles. The standard InChI is InChI=1S/C12H22N2O4/c15-10(6-14-4-3-13-12(16)7-14)8-17-9-11-2-1-5-18-11/h10-11,15H,1-9H2,(H,13,16). The van der Waals surface area contributed by atoms with E-state index in [0.29, 0.717) is 32.8 Å². The quantitative estimate of drug-likeness (QED) is 0.638. The van der Waals surface area contributed by atoms with E-state index < -0.39 is 6.10 Å². The van der Waals surface area contributed by atoms with Gasteiger partial charge < -0.3 is 19.9 Å². The molecule has 0 aromatic heterocycles. The Kier molecular flexibility index (Phi) is 5.37. The number of carbonyl (C=O) groups is 1. The van der Waals surface area contributed by atoms with Crippen LogP contribution < -0.4 is 5.32 Å². The van der Waals surface area contributed by atoms with Gasteiger partial charge in [0.1, 0.15) is 0 Å². The number of amides is 1. The molecule has 0 bridgehead atoms. The van der Waals surface area contributed by atoms with Crippen LogP contribution in [0, 0.1) is 0 Å². The molecular weight excluding hydrogens is 236 g/mol. The van der Waals surface area contributed by atoms with Crippen LogP contribution in [-0.4, -0.2) is 74.1 Å². The zero-order valence-corrected chi connectivity index (χ0v) is 10.6. The van der Waals surface area contributed by atoms with E-state index in [2.05, 4.69) is 5.32 Å². The molecule has 2 aliphatic heterocycles. The van der Waals surface area contributed by atoms with Gasteiger partial charge in [-0.2, -0.15) is 0 Å². The Bertz CT molecular complexity index is 269. The van der Waals surface area contributed by atoms with Crippen LogP contribution in [0.1, 0.15) is 12.8 Å². The number of β-amino-alcohol motifs (C(OH)–C–C–N with tert-alkyl or cyclic N) is 1. The molecule has 2 aliphatic rings. The van der Waals surface area contributed by atoms with Gasteiger partial charge in [-0.1, -0.05) is 0 Å². The lowest BCUT2D eigenvalue weighted by atomic mass is 10.2. The van der Waals surface area contributed by atoms with Crippen LogP contribution in [0.15, 0.2) is 0 Å². The lowest BCUT2D eigenvalue weighted by Crippen LogP contribution is -2.50. The molecule has 0 saturated carbocycles. The zero-order valence-electron chi connectivity index (χ0n) is 10.6. The fraction of sp³-hybridized carbons (Fsp3) is 0.917. The first-order valence-corrected chi connectivity index (χ1v) is 6.60. The van der Waals surface area contributed by atoms with Crippen molar-refractivity contribution in [1.29, 1.82) is 0 Å². The SMILES string of the molecule is O=C1CN(CC(O)COCC2CCCO2)CCN1. The van der Waals surface area contributed by atoms with Crippen molar-refractivity contribution in [1.82, 2.24) is 10.2 Å². The topological polar surface area (TPSA) is 71.0 Å². The average molecular weight is 258 g/mol. The predicted molar refractivity (Wildman–Crippen MR) is 65.2 cm³/mol. The molecule has 0 spiro atoms. The minimum absolute atomic E-state index is 0.0220. The molecule has 6 nitrogen and oxygen atoms in total. The lowest BCUT2D eigenvalue weighted by molar-refractivity contribution is -0.124. The number of rotatable bonds is 6. The van der Waals surface area contributed by atoms with Gasteiger partial charge in [0.15, 0.2) is 0 Å². The van der Waals surface area contributed by atoms with Gasteiger partial charge in [-0.05, 0) is 12.8 Å². The van der Waals surface area contributed by atoms with Crippen molar-refractivity contribution in [3.63, 3.8) is 0 Å². The van der Waals surface area contributed by atoms with Gasteiger partial charge in [-0.3, -0.25) is 9.69 Å². The Morgan fingerprint density at radius 2 is 2.50 bits per heavy atom. The molecule has 0 aromatic rings. The summed E-state index contributed by atoms with van der Waals surface area (Å²) in [6.45, 7) is 3.97. The van der Waals surface area contributed by atoms with E-state index in [0.717, 1.165) is 26.0 Å². The van der Waals surface area contributed by atoms with Crippen LogP contribution in [0.5, 0.6) is 0 Å². The number of nitrogens with zero attached hydrogens (tertiary/aromatic N) is 1. The minimum Gasteiger partial charge on any atom is -0.389 e. The molecule has 2 atom stereocenters. The molecule has 2 rings (SSSR count). The summed E-state index contributed by atoms with van der Waals surface area (Å²) in [5.41, 5.74) is 0. The summed E-state index contributed by atoms with van der Waals surface area (Å²) < 4.78 is 10.9. The summed E-state index contributed by atoms with van der Waals surface area (Å²) >= 11 is 0. The van der Waals surface area contributed by atoms with Crippen LogP contribution in [0.3, 0.4) is 0 Å². The maximum absolute atomic E-state index is 11.2. The minimum atomic E-state index is -0.544. The molecule has 104 valence electrons. The van der Waals surface area contributed by atoms with Crippen molar-refractivity contribution in [3.8, 4) is 0 Å². The second kappa shape index (κ2) is 7.04. The van der Waals surface area contributed by atoms with Gasteiger partial charge in [-0.15, -0.1) is 0 Å². The smallest absolute Gasteiger partial charge is 0.234 e. The van der Waals surface area contributed by atoms with Crippen molar-refractivity contribution >= 4 is 5.91 Å². The second-order valence-corrected chi connectivity index (χ2v) is 4.91. The normalized spacial score (nSPS) is 27.2. The lowest BCUT2D eigenvalue weighted by Gasteiger charge is -2.28. The van der Waals surface area contributed by atoms with Crippen molar-refractivity contribution < 1.29 is 19.4 Å². The number of aliphatic hydroxyl groups excluding tert-OH is 1. The second-order valence-electron chi connectivity index (χ2n) is 4.91. The number of ether oxygens (including phenoxy) is 2. The van der Waals surface area contributed by atoms with Crippen LogP contribution in [0.4, 0.5) is 0 Å². The summed E-state index contributed by atoms with van der Waals surface area (Å²) in [6, 6.07) is 0.